The first kappa shape index (κ1) is 20.8. The van der Waals surface area contributed by atoms with Crippen LogP contribution in [0.5, 0.6) is 0 Å². The van der Waals surface area contributed by atoms with Gasteiger partial charge in [0.05, 0.1) is 11.8 Å². The fraction of sp³-hybridized carbons (Fsp3) is 0.550. The largest absolute Gasteiger partial charge is 0.322 e. The highest BCUT2D eigenvalue weighted by atomic mass is 32.2. The SMILES string of the molecule is CC(C)S(=O)(=O)N1CCC(c2nnc3n2CCN(C(=O)Nc2ccccc2)C3)CC1. The molecule has 2 amide bonds. The molecule has 9 nitrogen and oxygen atoms in total. The van der Waals surface area contributed by atoms with E-state index in [4.69, 9.17) is 0 Å². The smallest absolute Gasteiger partial charge is 0.315 e. The molecular weight excluding hydrogens is 404 g/mol. The Hall–Kier alpha value is -2.46. The van der Waals surface area contributed by atoms with E-state index < -0.39 is 15.3 Å². The molecule has 2 aliphatic heterocycles. The normalized spacial score (nSPS) is 18.4. The second kappa shape index (κ2) is 8.35. The first-order chi connectivity index (χ1) is 14.4. The summed E-state index contributed by atoms with van der Waals surface area (Å²) >= 11 is 0. The van der Waals surface area contributed by atoms with E-state index in [9.17, 15) is 13.2 Å². The lowest BCUT2D eigenvalue weighted by molar-refractivity contribution is 0.194. The maximum atomic E-state index is 12.6. The van der Waals surface area contributed by atoms with Crippen LogP contribution in [-0.4, -0.2) is 63.3 Å². The highest BCUT2D eigenvalue weighted by Gasteiger charge is 2.34. The number of benzene rings is 1. The van der Waals surface area contributed by atoms with E-state index in [2.05, 4.69) is 20.1 Å². The molecule has 0 saturated carbocycles. The number of amides is 2. The Labute approximate surface area is 177 Å². The van der Waals surface area contributed by atoms with Crippen LogP contribution in [0, 0.1) is 0 Å². The number of fused-ring (bicyclic) bond motifs is 1. The molecule has 0 bridgehead atoms. The van der Waals surface area contributed by atoms with Gasteiger partial charge in [-0.15, -0.1) is 10.2 Å². The predicted molar refractivity (Wildman–Crippen MR) is 113 cm³/mol. The van der Waals surface area contributed by atoms with Gasteiger partial charge in [-0.1, -0.05) is 18.2 Å². The summed E-state index contributed by atoms with van der Waals surface area (Å²) < 4.78 is 28.5. The van der Waals surface area contributed by atoms with E-state index in [0.717, 1.165) is 30.2 Å². The minimum Gasteiger partial charge on any atom is -0.315 e. The van der Waals surface area contributed by atoms with Gasteiger partial charge in [-0.25, -0.2) is 17.5 Å². The van der Waals surface area contributed by atoms with Crippen molar-refractivity contribution in [3.05, 3.63) is 42.0 Å². The van der Waals surface area contributed by atoms with Crippen LogP contribution in [0.1, 0.15) is 44.3 Å². The van der Waals surface area contributed by atoms with E-state index in [-0.39, 0.29) is 11.9 Å². The number of nitrogens with zero attached hydrogens (tertiary/aromatic N) is 5. The Morgan fingerprint density at radius 2 is 1.77 bits per heavy atom. The molecule has 1 fully saturated rings. The second-order valence-corrected chi connectivity index (χ2v) is 10.6. The molecular formula is C20H28N6O3S. The van der Waals surface area contributed by atoms with Gasteiger partial charge in [0.25, 0.3) is 0 Å². The number of aromatic nitrogens is 3. The van der Waals surface area contributed by atoms with Crippen LogP contribution in [0.2, 0.25) is 0 Å². The zero-order valence-electron chi connectivity index (χ0n) is 17.4. The summed E-state index contributed by atoms with van der Waals surface area (Å²) in [6.45, 7) is 6.10. The Morgan fingerprint density at radius 1 is 1.07 bits per heavy atom. The van der Waals surface area contributed by atoms with Gasteiger partial charge in [-0.2, -0.15) is 0 Å². The van der Waals surface area contributed by atoms with E-state index in [1.165, 1.54) is 0 Å². The number of anilines is 1. The number of carbonyl (C=O) groups is 1. The van der Waals surface area contributed by atoms with Gasteiger partial charge >= 0.3 is 6.03 Å². The second-order valence-electron chi connectivity index (χ2n) is 8.11. The van der Waals surface area contributed by atoms with Gasteiger partial charge in [0.1, 0.15) is 5.82 Å². The monoisotopic (exact) mass is 432 g/mol. The maximum Gasteiger partial charge on any atom is 0.322 e. The number of para-hydroxylation sites is 1. The van der Waals surface area contributed by atoms with Crippen molar-refractivity contribution in [1.82, 2.24) is 24.0 Å². The number of hydrogen-bond acceptors (Lipinski definition) is 5. The van der Waals surface area contributed by atoms with Crippen LogP contribution in [0.3, 0.4) is 0 Å². The van der Waals surface area contributed by atoms with Crippen LogP contribution in [0.25, 0.3) is 0 Å². The minimum absolute atomic E-state index is 0.149. The van der Waals surface area contributed by atoms with E-state index in [1.807, 2.05) is 30.3 Å². The molecule has 0 radical (unpaired) electrons. The Bertz CT molecular complexity index is 997. The number of nitrogens with one attached hydrogen (secondary N) is 1. The first-order valence-corrected chi connectivity index (χ1v) is 11.9. The Balaban J connectivity index is 1.39. The third kappa shape index (κ3) is 4.06. The summed E-state index contributed by atoms with van der Waals surface area (Å²) in [7, 11) is -3.21. The van der Waals surface area contributed by atoms with Crippen LogP contribution >= 0.6 is 0 Å². The number of sulfonamides is 1. The zero-order chi connectivity index (χ0) is 21.3. The van der Waals surface area contributed by atoms with Crippen LogP contribution in [0.15, 0.2) is 30.3 Å². The third-order valence-corrected chi connectivity index (χ3v) is 8.15. The molecule has 10 heteroatoms. The molecule has 162 valence electrons. The summed E-state index contributed by atoms with van der Waals surface area (Å²) in [5, 5.41) is 11.2. The Kier molecular flexibility index (Phi) is 5.79. The van der Waals surface area contributed by atoms with Gasteiger partial charge in [0.15, 0.2) is 5.82 Å². The van der Waals surface area contributed by atoms with Crippen LogP contribution in [-0.2, 0) is 23.1 Å². The number of piperidine rings is 1. The van der Waals surface area contributed by atoms with Gasteiger partial charge in [0, 0.05) is 37.8 Å². The van der Waals surface area contributed by atoms with Crippen LogP contribution < -0.4 is 5.32 Å². The lowest BCUT2D eigenvalue weighted by Crippen LogP contribution is -2.43. The summed E-state index contributed by atoms with van der Waals surface area (Å²) in [5.74, 6) is 1.88. The molecule has 2 aromatic rings. The molecule has 0 aliphatic carbocycles. The van der Waals surface area contributed by atoms with Crippen molar-refractivity contribution in [3.8, 4) is 0 Å². The maximum absolute atomic E-state index is 12.6. The van der Waals surface area contributed by atoms with Crippen molar-refractivity contribution >= 4 is 21.7 Å². The quantitative estimate of drug-likeness (QED) is 0.799. The molecule has 1 aromatic carbocycles. The van der Waals surface area contributed by atoms with Gasteiger partial charge in [0.2, 0.25) is 10.0 Å². The highest BCUT2D eigenvalue weighted by molar-refractivity contribution is 7.89. The molecule has 0 spiro atoms. The van der Waals surface area contributed by atoms with Crippen molar-refractivity contribution in [2.24, 2.45) is 0 Å². The van der Waals surface area contributed by atoms with Crippen molar-refractivity contribution in [3.63, 3.8) is 0 Å². The van der Waals surface area contributed by atoms with Gasteiger partial charge in [-0.05, 0) is 38.8 Å². The van der Waals surface area contributed by atoms with Crippen LogP contribution in [0.4, 0.5) is 10.5 Å². The lowest BCUT2D eigenvalue weighted by atomic mass is 9.97. The fourth-order valence-corrected chi connectivity index (χ4v) is 5.36. The number of hydrogen-bond donors (Lipinski definition) is 1. The number of carbonyl (C=O) groups excluding carboxylic acids is 1. The molecule has 0 unspecified atom stereocenters. The zero-order valence-corrected chi connectivity index (χ0v) is 18.2. The predicted octanol–water partition coefficient (Wildman–Crippen LogP) is 2.24. The van der Waals surface area contributed by atoms with Gasteiger partial charge < -0.3 is 14.8 Å². The highest BCUT2D eigenvalue weighted by Crippen LogP contribution is 2.30. The average molecular weight is 433 g/mol. The summed E-state index contributed by atoms with van der Waals surface area (Å²) in [4.78, 5) is 14.3. The van der Waals surface area contributed by atoms with Crippen molar-refractivity contribution in [2.75, 3.05) is 25.0 Å². The van der Waals surface area contributed by atoms with Crippen molar-refractivity contribution < 1.29 is 13.2 Å². The summed E-state index contributed by atoms with van der Waals surface area (Å²) in [6, 6.07) is 9.23. The summed E-state index contributed by atoms with van der Waals surface area (Å²) in [5.41, 5.74) is 0.762. The minimum atomic E-state index is -3.21. The molecule has 1 N–H and O–H groups in total. The molecule has 3 heterocycles. The molecule has 2 aliphatic rings. The average Bonchev–Trinajstić information content (AvgIpc) is 3.17. The summed E-state index contributed by atoms with van der Waals surface area (Å²) in [6.07, 6.45) is 1.48. The van der Waals surface area contributed by atoms with Gasteiger partial charge in [-0.3, -0.25) is 0 Å². The van der Waals surface area contributed by atoms with E-state index >= 15 is 0 Å². The number of urea groups is 1. The van der Waals surface area contributed by atoms with E-state index in [1.54, 1.807) is 23.1 Å². The third-order valence-electron chi connectivity index (χ3n) is 5.87. The molecule has 4 rings (SSSR count). The lowest BCUT2D eigenvalue weighted by Gasteiger charge is -2.33. The fourth-order valence-electron chi connectivity index (χ4n) is 4.05. The van der Waals surface area contributed by atoms with E-state index in [0.29, 0.717) is 32.7 Å². The van der Waals surface area contributed by atoms with Crippen molar-refractivity contribution in [2.45, 2.75) is 50.9 Å². The molecule has 1 saturated heterocycles. The Morgan fingerprint density at radius 3 is 2.43 bits per heavy atom. The first-order valence-electron chi connectivity index (χ1n) is 10.4. The molecule has 30 heavy (non-hydrogen) atoms. The standard InChI is InChI=1S/C20H28N6O3S/c1-15(2)30(28,29)25-10-8-16(9-11-25)19-23-22-18-14-24(12-13-26(18)19)20(27)21-17-6-4-3-5-7-17/h3-7,15-16H,8-14H2,1-2H3,(H,21,27). The molecule has 1 aromatic heterocycles. The topological polar surface area (TPSA) is 100 Å². The molecule has 0 atom stereocenters. The van der Waals surface area contributed by atoms with Crippen molar-refractivity contribution in [1.29, 1.82) is 0 Å². The number of rotatable bonds is 4.